The van der Waals surface area contributed by atoms with Crippen LogP contribution in [0.25, 0.3) is 22.4 Å². The molecule has 5 aromatic heterocycles. The number of aromatic nitrogens is 9. The molecule has 1 fully saturated rings. The molecule has 0 spiro atoms. The molecule has 5 aromatic rings. The minimum absolute atomic E-state index is 0.0149. The summed E-state index contributed by atoms with van der Waals surface area (Å²) in [6, 6.07) is 0.920. The van der Waals surface area contributed by atoms with Gasteiger partial charge in [-0.2, -0.15) is 18.2 Å². The number of nitrogens with zero attached hydrogens (tertiary/aromatic N) is 9. The second-order valence-corrected chi connectivity index (χ2v) is 9.88. The lowest BCUT2D eigenvalue weighted by Gasteiger charge is -2.18. The maximum atomic E-state index is 13.6. The molecular weight excluding hydrogens is 561 g/mol. The van der Waals surface area contributed by atoms with Crippen molar-refractivity contribution < 1.29 is 22.5 Å². The normalized spacial score (nSPS) is 14.3. The van der Waals surface area contributed by atoms with Gasteiger partial charge in [0.1, 0.15) is 12.1 Å². The molecule has 17 heteroatoms. The standard InChI is InChI=1S/C25H21F3N10O4/c1-12-15(25(26,27)28)6-14(7-30-12)16-8-29-9-17(33-16)34-22(40)24(4-5-24)38-11-31-20-19(38)21(39)37(23(41)36(20)3)10-18-32-13(2)35-42-18/h6-9,11H,4-5,10H2,1-3H3,(H,33,34,40). The van der Waals surface area contributed by atoms with Crippen molar-refractivity contribution in [3.05, 3.63) is 74.8 Å². The van der Waals surface area contributed by atoms with Gasteiger partial charge in [-0.3, -0.25) is 24.1 Å². The van der Waals surface area contributed by atoms with Gasteiger partial charge in [-0.25, -0.2) is 19.3 Å². The van der Waals surface area contributed by atoms with Crippen LogP contribution in [0.1, 0.15) is 35.8 Å². The predicted molar refractivity (Wildman–Crippen MR) is 138 cm³/mol. The average Bonchev–Trinajstić information content (AvgIpc) is 3.45. The van der Waals surface area contributed by atoms with Gasteiger partial charge < -0.3 is 14.4 Å². The van der Waals surface area contributed by atoms with Crippen LogP contribution in [0.2, 0.25) is 0 Å². The zero-order chi connectivity index (χ0) is 30.0. The third-order valence-electron chi connectivity index (χ3n) is 7.07. The van der Waals surface area contributed by atoms with Gasteiger partial charge in [-0.1, -0.05) is 5.16 Å². The van der Waals surface area contributed by atoms with Crippen LogP contribution >= 0.6 is 0 Å². The van der Waals surface area contributed by atoms with Gasteiger partial charge in [0.2, 0.25) is 5.89 Å². The first-order valence-electron chi connectivity index (χ1n) is 12.5. The highest BCUT2D eigenvalue weighted by molar-refractivity contribution is 5.99. The van der Waals surface area contributed by atoms with E-state index < -0.39 is 34.4 Å². The fourth-order valence-electron chi connectivity index (χ4n) is 4.73. The van der Waals surface area contributed by atoms with Gasteiger partial charge in [0, 0.05) is 24.5 Å². The monoisotopic (exact) mass is 582 g/mol. The van der Waals surface area contributed by atoms with E-state index in [1.807, 2.05) is 0 Å². The van der Waals surface area contributed by atoms with E-state index in [4.69, 9.17) is 4.52 Å². The quantitative estimate of drug-likeness (QED) is 0.312. The molecule has 5 heterocycles. The van der Waals surface area contributed by atoms with Crippen molar-refractivity contribution in [2.45, 2.75) is 44.9 Å². The SMILES string of the molecule is Cc1noc(Cn2c(=O)c3c(ncn3C3(C(=O)Nc4cncc(-c5cnc(C)c(C(F)(F)F)c5)n4)CC3)n(C)c2=O)n1. The molecule has 42 heavy (non-hydrogen) atoms. The zero-order valence-electron chi connectivity index (χ0n) is 22.3. The van der Waals surface area contributed by atoms with Crippen molar-refractivity contribution in [2.75, 3.05) is 5.32 Å². The Morgan fingerprint density at radius 2 is 1.88 bits per heavy atom. The highest BCUT2D eigenvalue weighted by Gasteiger charge is 2.53. The largest absolute Gasteiger partial charge is 0.418 e. The fraction of sp³-hybridized carbons (Fsp3) is 0.320. The van der Waals surface area contributed by atoms with E-state index in [-0.39, 0.29) is 46.4 Å². The van der Waals surface area contributed by atoms with Crippen LogP contribution in [0.3, 0.4) is 0 Å². The summed E-state index contributed by atoms with van der Waals surface area (Å²) in [5.41, 5.74) is -3.44. The zero-order valence-corrected chi connectivity index (χ0v) is 22.3. The summed E-state index contributed by atoms with van der Waals surface area (Å²) in [6.45, 7) is 2.57. The molecule has 216 valence electrons. The molecule has 1 aliphatic rings. The van der Waals surface area contributed by atoms with Crippen LogP contribution in [0.5, 0.6) is 0 Å². The van der Waals surface area contributed by atoms with Crippen LogP contribution in [-0.2, 0) is 30.1 Å². The lowest BCUT2D eigenvalue weighted by atomic mass is 10.1. The fourth-order valence-corrected chi connectivity index (χ4v) is 4.73. The summed E-state index contributed by atoms with van der Waals surface area (Å²) < 4.78 is 48.8. The minimum atomic E-state index is -4.61. The summed E-state index contributed by atoms with van der Waals surface area (Å²) in [5, 5.41) is 6.33. The number of hydrogen-bond acceptors (Lipinski definition) is 10. The van der Waals surface area contributed by atoms with E-state index in [9.17, 15) is 27.6 Å². The van der Waals surface area contributed by atoms with Gasteiger partial charge in [0.25, 0.3) is 11.5 Å². The second kappa shape index (κ2) is 9.42. The highest BCUT2D eigenvalue weighted by atomic mass is 19.4. The molecule has 0 saturated heterocycles. The Hall–Kier alpha value is -5.22. The van der Waals surface area contributed by atoms with Gasteiger partial charge in [-0.15, -0.1) is 0 Å². The smallest absolute Gasteiger partial charge is 0.337 e. The molecule has 0 atom stereocenters. The number of alkyl halides is 3. The lowest BCUT2D eigenvalue weighted by molar-refractivity contribution is -0.138. The number of halogens is 3. The number of aryl methyl sites for hydroxylation is 3. The summed E-state index contributed by atoms with van der Waals surface area (Å²) in [4.78, 5) is 60.4. The molecule has 14 nitrogen and oxygen atoms in total. The number of imidazole rings is 1. The van der Waals surface area contributed by atoms with Gasteiger partial charge >= 0.3 is 11.9 Å². The highest BCUT2D eigenvalue weighted by Crippen LogP contribution is 2.45. The minimum Gasteiger partial charge on any atom is -0.337 e. The number of nitrogens with one attached hydrogen (secondary N) is 1. The molecule has 6 rings (SSSR count). The van der Waals surface area contributed by atoms with E-state index in [0.29, 0.717) is 18.7 Å². The lowest BCUT2D eigenvalue weighted by Crippen LogP contribution is -2.41. The topological polar surface area (TPSA) is 169 Å². The molecule has 1 saturated carbocycles. The van der Waals surface area contributed by atoms with E-state index in [1.165, 1.54) is 48.0 Å². The number of anilines is 1. The van der Waals surface area contributed by atoms with E-state index >= 15 is 0 Å². The maximum absolute atomic E-state index is 13.6. The molecule has 0 radical (unpaired) electrons. The summed E-state index contributed by atoms with van der Waals surface area (Å²) in [6.07, 6.45) is 1.15. The number of rotatable bonds is 6. The average molecular weight is 583 g/mol. The Morgan fingerprint density at radius 1 is 1.12 bits per heavy atom. The number of carbonyl (C=O) groups is 1. The van der Waals surface area contributed by atoms with Crippen LogP contribution in [0.4, 0.5) is 19.0 Å². The Kier molecular flexibility index (Phi) is 6.05. The van der Waals surface area contributed by atoms with Gasteiger partial charge in [0.15, 0.2) is 22.8 Å². The number of pyridine rings is 1. The molecular formula is C25H21F3N10O4. The maximum Gasteiger partial charge on any atom is 0.418 e. The number of hydrogen-bond donors (Lipinski definition) is 1. The van der Waals surface area contributed by atoms with Crippen LogP contribution in [0.15, 0.2) is 45.1 Å². The summed E-state index contributed by atoms with van der Waals surface area (Å²) in [7, 11) is 1.45. The molecule has 0 unspecified atom stereocenters. The van der Waals surface area contributed by atoms with E-state index in [1.54, 1.807) is 6.92 Å². The van der Waals surface area contributed by atoms with Gasteiger partial charge in [-0.05, 0) is 32.8 Å². The molecule has 0 bridgehead atoms. The predicted octanol–water partition coefficient (Wildman–Crippen LogP) is 1.94. The first-order chi connectivity index (χ1) is 19.9. The molecule has 0 aromatic carbocycles. The second-order valence-electron chi connectivity index (χ2n) is 9.88. The van der Waals surface area contributed by atoms with Crippen molar-refractivity contribution in [3.8, 4) is 11.3 Å². The van der Waals surface area contributed by atoms with Crippen LogP contribution in [-0.4, -0.2) is 49.7 Å². The van der Waals surface area contributed by atoms with Gasteiger partial charge in [0.05, 0.1) is 30.0 Å². The van der Waals surface area contributed by atoms with Crippen molar-refractivity contribution in [1.82, 2.24) is 43.8 Å². The summed E-state index contributed by atoms with van der Waals surface area (Å²) in [5.74, 6) is -0.167. The Bertz CT molecular complexity index is 2000. The Balaban J connectivity index is 1.34. The third kappa shape index (κ3) is 4.42. The number of fused-ring (bicyclic) bond motifs is 1. The molecule has 1 amide bonds. The van der Waals surface area contributed by atoms with E-state index in [0.717, 1.165) is 10.6 Å². The first kappa shape index (κ1) is 27.0. The number of amides is 1. The summed E-state index contributed by atoms with van der Waals surface area (Å²) >= 11 is 0. The molecule has 0 aliphatic heterocycles. The van der Waals surface area contributed by atoms with Crippen molar-refractivity contribution in [2.24, 2.45) is 7.05 Å². The Morgan fingerprint density at radius 3 is 2.55 bits per heavy atom. The van der Waals surface area contributed by atoms with Crippen LogP contribution in [0, 0.1) is 13.8 Å². The molecule has 1 N–H and O–H groups in total. The van der Waals surface area contributed by atoms with Crippen LogP contribution < -0.4 is 16.6 Å². The Labute approximate surface area is 232 Å². The molecule has 1 aliphatic carbocycles. The third-order valence-corrected chi connectivity index (χ3v) is 7.07. The first-order valence-corrected chi connectivity index (χ1v) is 12.5. The number of carbonyl (C=O) groups excluding carboxylic acids is 1. The van der Waals surface area contributed by atoms with Crippen molar-refractivity contribution in [1.29, 1.82) is 0 Å². The van der Waals surface area contributed by atoms with Crippen molar-refractivity contribution >= 4 is 22.9 Å². The van der Waals surface area contributed by atoms with E-state index in [2.05, 4.69) is 35.4 Å². The van der Waals surface area contributed by atoms with Crippen molar-refractivity contribution in [3.63, 3.8) is 0 Å².